The fourth-order valence-electron chi connectivity index (χ4n) is 9.64. The number of esters is 1. The van der Waals surface area contributed by atoms with Crippen molar-refractivity contribution in [2.45, 2.75) is 353 Å². The zero-order chi connectivity index (χ0) is 48.6. The van der Waals surface area contributed by atoms with E-state index >= 15 is 0 Å². The molecule has 0 bridgehead atoms. The third kappa shape index (κ3) is 53.8. The van der Waals surface area contributed by atoms with Crippen LogP contribution in [-0.2, 0) is 14.3 Å². The average Bonchev–Trinajstić information content (AvgIpc) is 3.33. The molecule has 0 aromatic rings. The molecule has 2 unspecified atom stereocenters. The smallest absolute Gasteiger partial charge is 0.305 e. The lowest BCUT2D eigenvalue weighted by Crippen LogP contribution is -2.45. The molecule has 0 saturated carbocycles. The number of allylic oxidation sites excluding steroid dienone is 1. The molecular formula is C61H119NO5. The van der Waals surface area contributed by atoms with Gasteiger partial charge in [0.25, 0.3) is 0 Å². The number of aliphatic hydroxyl groups is 2. The zero-order valence-electron chi connectivity index (χ0n) is 45.4. The molecule has 1 amide bonds. The number of hydrogen-bond donors (Lipinski definition) is 3. The number of amides is 1. The van der Waals surface area contributed by atoms with Gasteiger partial charge in [-0.1, -0.05) is 309 Å². The molecule has 6 heteroatoms. The minimum atomic E-state index is -0.859. The van der Waals surface area contributed by atoms with Gasteiger partial charge in [-0.25, -0.2) is 0 Å². The zero-order valence-corrected chi connectivity index (χ0v) is 45.4. The summed E-state index contributed by atoms with van der Waals surface area (Å²) in [7, 11) is 0. The monoisotopic (exact) mass is 946 g/mol. The van der Waals surface area contributed by atoms with Gasteiger partial charge >= 0.3 is 5.97 Å². The molecular weight excluding hydrogens is 827 g/mol. The van der Waals surface area contributed by atoms with Crippen LogP contribution < -0.4 is 5.32 Å². The second kappa shape index (κ2) is 57.2. The number of ether oxygens (including phenoxy) is 1. The van der Waals surface area contributed by atoms with Crippen LogP contribution in [0, 0.1) is 0 Å². The van der Waals surface area contributed by atoms with Crippen molar-refractivity contribution in [3.8, 4) is 0 Å². The molecule has 0 aliphatic heterocycles. The summed E-state index contributed by atoms with van der Waals surface area (Å²) in [4.78, 5) is 24.6. The molecule has 0 spiro atoms. The summed E-state index contributed by atoms with van der Waals surface area (Å²) < 4.78 is 5.47. The van der Waals surface area contributed by atoms with E-state index in [9.17, 15) is 19.8 Å². The Morgan fingerprint density at radius 2 is 0.687 bits per heavy atom. The van der Waals surface area contributed by atoms with E-state index in [1.807, 2.05) is 6.08 Å². The van der Waals surface area contributed by atoms with Crippen LogP contribution in [0.1, 0.15) is 341 Å². The van der Waals surface area contributed by atoms with Crippen molar-refractivity contribution in [1.82, 2.24) is 5.32 Å². The number of nitrogens with one attached hydrogen (secondary N) is 1. The Balaban J connectivity index is 3.48. The minimum Gasteiger partial charge on any atom is -0.466 e. The number of carbonyl (C=O) groups is 2. The minimum absolute atomic E-state index is 0.0161. The van der Waals surface area contributed by atoms with Gasteiger partial charge in [-0.2, -0.15) is 0 Å². The summed E-state index contributed by atoms with van der Waals surface area (Å²) in [5, 5.41) is 23.2. The van der Waals surface area contributed by atoms with Crippen molar-refractivity contribution in [2.75, 3.05) is 13.2 Å². The van der Waals surface area contributed by atoms with Crippen molar-refractivity contribution in [3.63, 3.8) is 0 Å². The second-order valence-electron chi connectivity index (χ2n) is 21.0. The molecule has 398 valence electrons. The van der Waals surface area contributed by atoms with Crippen LogP contribution in [-0.4, -0.2) is 47.4 Å². The van der Waals surface area contributed by atoms with Crippen molar-refractivity contribution in [1.29, 1.82) is 0 Å². The molecule has 0 saturated heterocycles. The van der Waals surface area contributed by atoms with Crippen LogP contribution >= 0.6 is 0 Å². The summed E-state index contributed by atoms with van der Waals surface area (Å²) in [6.07, 6.45) is 68.1. The van der Waals surface area contributed by atoms with E-state index in [-0.39, 0.29) is 18.5 Å². The molecule has 67 heavy (non-hydrogen) atoms. The Morgan fingerprint density at radius 1 is 0.403 bits per heavy atom. The summed E-state index contributed by atoms with van der Waals surface area (Å²) in [6, 6.07) is -0.645. The number of hydrogen-bond acceptors (Lipinski definition) is 5. The van der Waals surface area contributed by atoms with E-state index in [0.717, 1.165) is 57.8 Å². The molecule has 6 nitrogen and oxygen atoms in total. The Morgan fingerprint density at radius 3 is 1.01 bits per heavy atom. The van der Waals surface area contributed by atoms with Gasteiger partial charge in [0.15, 0.2) is 0 Å². The molecule has 3 N–H and O–H groups in total. The molecule has 0 aromatic carbocycles. The maximum absolute atomic E-state index is 12.5. The van der Waals surface area contributed by atoms with Crippen LogP contribution in [0.2, 0.25) is 0 Å². The highest BCUT2D eigenvalue weighted by molar-refractivity contribution is 5.76. The van der Waals surface area contributed by atoms with Crippen molar-refractivity contribution in [3.05, 3.63) is 12.2 Å². The van der Waals surface area contributed by atoms with E-state index in [1.54, 1.807) is 6.08 Å². The normalized spacial score (nSPS) is 12.6. The topological polar surface area (TPSA) is 95.9 Å². The third-order valence-corrected chi connectivity index (χ3v) is 14.3. The standard InChI is InChI=1S/C61H119NO5/c1-3-5-7-9-11-13-15-17-19-21-22-23-24-25-26-27-28-29-31-33-37-41-45-49-53-59(64)58(57-63)62-60(65)54-50-46-42-38-35-36-40-44-48-52-56-67-61(66)55-51-47-43-39-34-32-30-20-18-16-14-12-10-8-6-4-2/h49,53,58-59,63-64H,3-48,50-52,54-57H2,1-2H3,(H,62,65)/b53-49+. The Bertz CT molecular complexity index is 1000. The first-order valence-corrected chi connectivity index (χ1v) is 30.5. The van der Waals surface area contributed by atoms with Crippen LogP contribution in [0.3, 0.4) is 0 Å². The lowest BCUT2D eigenvalue weighted by molar-refractivity contribution is -0.143. The predicted molar refractivity (Wildman–Crippen MR) is 292 cm³/mol. The van der Waals surface area contributed by atoms with E-state index in [0.29, 0.717) is 19.4 Å². The largest absolute Gasteiger partial charge is 0.466 e. The first-order chi connectivity index (χ1) is 33.0. The highest BCUT2D eigenvalue weighted by Crippen LogP contribution is 2.18. The third-order valence-electron chi connectivity index (χ3n) is 14.3. The van der Waals surface area contributed by atoms with Gasteiger partial charge < -0.3 is 20.3 Å². The van der Waals surface area contributed by atoms with Gasteiger partial charge in [0.2, 0.25) is 5.91 Å². The molecule has 2 atom stereocenters. The lowest BCUT2D eigenvalue weighted by atomic mass is 10.0. The van der Waals surface area contributed by atoms with E-state index < -0.39 is 12.1 Å². The highest BCUT2D eigenvalue weighted by atomic mass is 16.5. The SMILES string of the molecule is CCCCCCCCCCCCCCCCCCCCCCCC/C=C/C(O)C(CO)NC(=O)CCCCCCCCCCCCOC(=O)CCCCCCCCCCCCCCCCCC. The van der Waals surface area contributed by atoms with Crippen LogP contribution in [0.15, 0.2) is 12.2 Å². The van der Waals surface area contributed by atoms with Gasteiger partial charge in [-0.3, -0.25) is 9.59 Å². The number of aliphatic hydroxyl groups excluding tert-OH is 2. The van der Waals surface area contributed by atoms with E-state index in [2.05, 4.69) is 19.2 Å². The highest BCUT2D eigenvalue weighted by Gasteiger charge is 2.18. The molecule has 0 rings (SSSR count). The van der Waals surface area contributed by atoms with Gasteiger partial charge in [-0.05, 0) is 32.1 Å². The van der Waals surface area contributed by atoms with Crippen LogP contribution in [0.4, 0.5) is 0 Å². The summed E-state index contributed by atoms with van der Waals surface area (Å²) in [5.41, 5.74) is 0. The first-order valence-electron chi connectivity index (χ1n) is 30.5. The fraction of sp³-hybridized carbons (Fsp3) is 0.934. The molecule has 0 aromatic heterocycles. The fourth-order valence-corrected chi connectivity index (χ4v) is 9.64. The number of carbonyl (C=O) groups excluding carboxylic acids is 2. The Hall–Kier alpha value is -1.40. The molecule has 0 radical (unpaired) electrons. The first kappa shape index (κ1) is 65.6. The number of rotatable bonds is 57. The summed E-state index contributed by atoms with van der Waals surface area (Å²) in [6.45, 7) is 4.89. The van der Waals surface area contributed by atoms with Gasteiger partial charge in [0, 0.05) is 12.8 Å². The van der Waals surface area contributed by atoms with E-state index in [4.69, 9.17) is 4.74 Å². The number of unbranched alkanes of at least 4 members (excludes halogenated alkanes) is 46. The summed E-state index contributed by atoms with van der Waals surface area (Å²) in [5.74, 6) is -0.102. The van der Waals surface area contributed by atoms with Crippen LogP contribution in [0.25, 0.3) is 0 Å². The van der Waals surface area contributed by atoms with Gasteiger partial charge in [0.05, 0.1) is 25.4 Å². The maximum atomic E-state index is 12.5. The van der Waals surface area contributed by atoms with Crippen molar-refractivity contribution in [2.24, 2.45) is 0 Å². The average molecular weight is 947 g/mol. The van der Waals surface area contributed by atoms with Crippen molar-refractivity contribution < 1.29 is 24.5 Å². The lowest BCUT2D eigenvalue weighted by Gasteiger charge is -2.20. The quantitative estimate of drug-likeness (QED) is 0.0321. The molecule has 0 aliphatic rings. The van der Waals surface area contributed by atoms with Gasteiger partial charge in [-0.15, -0.1) is 0 Å². The van der Waals surface area contributed by atoms with Crippen molar-refractivity contribution >= 4 is 11.9 Å². The second-order valence-corrected chi connectivity index (χ2v) is 21.0. The molecule has 0 aliphatic carbocycles. The Labute approximate surface area is 419 Å². The summed E-state index contributed by atoms with van der Waals surface area (Å²) >= 11 is 0. The molecule has 0 fully saturated rings. The van der Waals surface area contributed by atoms with Crippen LogP contribution in [0.5, 0.6) is 0 Å². The van der Waals surface area contributed by atoms with Gasteiger partial charge in [0.1, 0.15) is 0 Å². The Kier molecular flexibility index (Phi) is 56.0. The molecule has 0 heterocycles. The predicted octanol–water partition coefficient (Wildman–Crippen LogP) is 18.9. The van der Waals surface area contributed by atoms with E-state index in [1.165, 1.54) is 257 Å². The maximum Gasteiger partial charge on any atom is 0.305 e.